The van der Waals surface area contributed by atoms with Crippen LogP contribution in [0.2, 0.25) is 5.15 Å². The lowest BCUT2D eigenvalue weighted by molar-refractivity contribution is 0.0951. The summed E-state index contributed by atoms with van der Waals surface area (Å²) >= 11 is 10.8. The fourth-order valence-electron chi connectivity index (χ4n) is 1.47. The van der Waals surface area contributed by atoms with Gasteiger partial charge in [0.1, 0.15) is 5.15 Å². The summed E-state index contributed by atoms with van der Waals surface area (Å²) in [6.07, 6.45) is 0. The topological polar surface area (TPSA) is 42.0 Å². The Bertz CT molecular complexity index is 565. The van der Waals surface area contributed by atoms with Crippen molar-refractivity contribution in [3.63, 3.8) is 0 Å². The zero-order chi connectivity index (χ0) is 13.1. The van der Waals surface area contributed by atoms with E-state index in [9.17, 15) is 4.79 Å². The highest BCUT2D eigenvalue weighted by molar-refractivity contribution is 9.10. The van der Waals surface area contributed by atoms with Crippen LogP contribution in [0.25, 0.3) is 0 Å². The SMILES string of the molecule is Cc1cc(C(=O)NCc2sccc2Br)cc(Cl)n1. The number of hydrogen-bond acceptors (Lipinski definition) is 3. The third kappa shape index (κ3) is 3.31. The van der Waals surface area contributed by atoms with Gasteiger partial charge in [0.05, 0.1) is 6.54 Å². The molecular weight excluding hydrogens is 336 g/mol. The highest BCUT2D eigenvalue weighted by atomic mass is 79.9. The van der Waals surface area contributed by atoms with Crippen molar-refractivity contribution in [3.05, 3.63) is 49.3 Å². The van der Waals surface area contributed by atoms with Crippen LogP contribution in [0.5, 0.6) is 0 Å². The third-order valence-corrected chi connectivity index (χ3v) is 4.40. The van der Waals surface area contributed by atoms with E-state index in [2.05, 4.69) is 26.2 Å². The number of pyridine rings is 1. The molecule has 0 bridgehead atoms. The molecule has 0 aromatic carbocycles. The molecule has 0 saturated heterocycles. The Morgan fingerprint density at radius 3 is 2.94 bits per heavy atom. The van der Waals surface area contributed by atoms with Crippen LogP contribution in [-0.4, -0.2) is 10.9 Å². The molecular formula is C12H10BrClN2OS. The molecule has 94 valence electrons. The Morgan fingerprint density at radius 2 is 2.33 bits per heavy atom. The number of nitrogens with zero attached hydrogens (tertiary/aromatic N) is 1. The Hall–Kier alpha value is -0.910. The van der Waals surface area contributed by atoms with E-state index in [4.69, 9.17) is 11.6 Å². The van der Waals surface area contributed by atoms with Crippen molar-refractivity contribution in [2.24, 2.45) is 0 Å². The van der Waals surface area contributed by atoms with E-state index in [1.165, 1.54) is 0 Å². The van der Waals surface area contributed by atoms with Crippen molar-refractivity contribution < 1.29 is 4.79 Å². The minimum absolute atomic E-state index is 0.150. The van der Waals surface area contributed by atoms with Gasteiger partial charge in [0.15, 0.2) is 0 Å². The van der Waals surface area contributed by atoms with Gasteiger partial charge in [-0.15, -0.1) is 11.3 Å². The van der Waals surface area contributed by atoms with Gasteiger partial charge in [-0.1, -0.05) is 11.6 Å². The Morgan fingerprint density at radius 1 is 1.56 bits per heavy atom. The predicted molar refractivity (Wildman–Crippen MR) is 77.2 cm³/mol. The van der Waals surface area contributed by atoms with Crippen molar-refractivity contribution in [2.75, 3.05) is 0 Å². The van der Waals surface area contributed by atoms with Crippen LogP contribution in [0.1, 0.15) is 20.9 Å². The van der Waals surface area contributed by atoms with E-state index in [1.807, 2.05) is 11.4 Å². The summed E-state index contributed by atoms with van der Waals surface area (Å²) in [4.78, 5) is 17.1. The Kier molecular flexibility index (Phi) is 4.37. The maximum atomic E-state index is 11.9. The average Bonchev–Trinajstić information content (AvgIpc) is 2.70. The highest BCUT2D eigenvalue weighted by Crippen LogP contribution is 2.22. The van der Waals surface area contributed by atoms with Crippen LogP contribution in [0, 0.1) is 6.92 Å². The normalized spacial score (nSPS) is 10.4. The molecule has 2 heterocycles. The van der Waals surface area contributed by atoms with Crippen molar-refractivity contribution in [1.82, 2.24) is 10.3 Å². The first kappa shape index (κ1) is 13.5. The average molecular weight is 346 g/mol. The number of halogens is 2. The number of carbonyl (C=O) groups excluding carboxylic acids is 1. The lowest BCUT2D eigenvalue weighted by atomic mass is 10.2. The monoisotopic (exact) mass is 344 g/mol. The van der Waals surface area contributed by atoms with Crippen LogP contribution in [-0.2, 0) is 6.54 Å². The van der Waals surface area contributed by atoms with E-state index in [1.54, 1.807) is 30.4 Å². The molecule has 0 spiro atoms. The van der Waals surface area contributed by atoms with E-state index >= 15 is 0 Å². The summed E-state index contributed by atoms with van der Waals surface area (Å²) < 4.78 is 1.01. The van der Waals surface area contributed by atoms with Gasteiger partial charge in [-0.25, -0.2) is 4.98 Å². The second kappa shape index (κ2) is 5.82. The summed E-state index contributed by atoms with van der Waals surface area (Å²) in [5, 5.41) is 5.15. The number of thiophene rings is 1. The second-order valence-electron chi connectivity index (χ2n) is 3.69. The maximum absolute atomic E-state index is 11.9. The number of amides is 1. The molecule has 2 aromatic heterocycles. The maximum Gasteiger partial charge on any atom is 0.251 e. The molecule has 2 rings (SSSR count). The smallest absolute Gasteiger partial charge is 0.251 e. The van der Waals surface area contributed by atoms with Gasteiger partial charge in [-0.3, -0.25) is 4.79 Å². The van der Waals surface area contributed by atoms with Crippen LogP contribution in [0.3, 0.4) is 0 Å². The second-order valence-corrected chi connectivity index (χ2v) is 5.94. The molecule has 3 nitrogen and oxygen atoms in total. The van der Waals surface area contributed by atoms with Crippen molar-refractivity contribution >= 4 is 44.8 Å². The van der Waals surface area contributed by atoms with Gasteiger partial charge in [-0.05, 0) is 46.4 Å². The molecule has 0 aliphatic rings. The summed E-state index contributed by atoms with van der Waals surface area (Å²) in [6.45, 7) is 2.30. The lowest BCUT2D eigenvalue weighted by Crippen LogP contribution is -2.22. The lowest BCUT2D eigenvalue weighted by Gasteiger charge is -2.05. The van der Waals surface area contributed by atoms with Gasteiger partial charge in [-0.2, -0.15) is 0 Å². The molecule has 6 heteroatoms. The number of aryl methyl sites for hydroxylation is 1. The van der Waals surface area contributed by atoms with Crippen LogP contribution < -0.4 is 5.32 Å². The summed E-state index contributed by atoms with van der Waals surface area (Å²) in [5.74, 6) is -0.150. The number of rotatable bonds is 3. The molecule has 0 fully saturated rings. The zero-order valence-electron chi connectivity index (χ0n) is 9.54. The fourth-order valence-corrected chi connectivity index (χ4v) is 3.16. The van der Waals surface area contributed by atoms with Crippen molar-refractivity contribution in [2.45, 2.75) is 13.5 Å². The highest BCUT2D eigenvalue weighted by Gasteiger charge is 2.09. The molecule has 0 aliphatic carbocycles. The zero-order valence-corrected chi connectivity index (χ0v) is 12.7. The fraction of sp³-hybridized carbons (Fsp3) is 0.167. The predicted octanol–water partition coefficient (Wildman–Crippen LogP) is 3.80. The first-order valence-corrected chi connectivity index (χ1v) is 7.25. The van der Waals surface area contributed by atoms with Crippen molar-refractivity contribution in [1.29, 1.82) is 0 Å². The van der Waals surface area contributed by atoms with Crippen molar-refractivity contribution in [3.8, 4) is 0 Å². The summed E-state index contributed by atoms with van der Waals surface area (Å²) in [5.41, 5.74) is 1.25. The van der Waals surface area contributed by atoms with Gasteiger partial charge >= 0.3 is 0 Å². The van der Waals surface area contributed by atoms with E-state index in [0.717, 1.165) is 15.0 Å². The molecule has 0 saturated carbocycles. The number of nitrogens with one attached hydrogen (secondary N) is 1. The van der Waals surface area contributed by atoms with E-state index in [0.29, 0.717) is 17.3 Å². The third-order valence-electron chi connectivity index (χ3n) is 2.28. The number of aromatic nitrogens is 1. The number of hydrogen-bond donors (Lipinski definition) is 1. The molecule has 1 N–H and O–H groups in total. The van der Waals surface area contributed by atoms with Crippen LogP contribution in [0.4, 0.5) is 0 Å². The summed E-state index contributed by atoms with van der Waals surface area (Å²) in [6, 6.07) is 5.23. The van der Waals surface area contributed by atoms with E-state index in [-0.39, 0.29) is 5.91 Å². The first-order chi connectivity index (χ1) is 8.56. The molecule has 0 atom stereocenters. The Labute approximate surface area is 122 Å². The van der Waals surface area contributed by atoms with Crippen LogP contribution >= 0.6 is 38.9 Å². The molecule has 0 aliphatic heterocycles. The Balaban J connectivity index is 2.06. The summed E-state index contributed by atoms with van der Waals surface area (Å²) in [7, 11) is 0. The van der Waals surface area contributed by atoms with E-state index < -0.39 is 0 Å². The molecule has 0 unspecified atom stereocenters. The molecule has 1 amide bonds. The van der Waals surface area contributed by atoms with Gasteiger partial charge in [0.2, 0.25) is 0 Å². The quantitative estimate of drug-likeness (QED) is 0.860. The van der Waals surface area contributed by atoms with Gasteiger partial charge in [0.25, 0.3) is 5.91 Å². The largest absolute Gasteiger partial charge is 0.347 e. The van der Waals surface area contributed by atoms with Crippen LogP contribution in [0.15, 0.2) is 28.1 Å². The molecule has 0 radical (unpaired) electrons. The first-order valence-electron chi connectivity index (χ1n) is 5.20. The minimum atomic E-state index is -0.150. The molecule has 18 heavy (non-hydrogen) atoms. The standard InChI is InChI=1S/C12H10BrClN2OS/c1-7-4-8(5-11(14)16-7)12(17)15-6-10-9(13)2-3-18-10/h2-5H,6H2,1H3,(H,15,17). The molecule has 2 aromatic rings. The minimum Gasteiger partial charge on any atom is -0.347 e. The van der Waals surface area contributed by atoms with Gasteiger partial charge in [0, 0.05) is 20.6 Å². The van der Waals surface area contributed by atoms with Gasteiger partial charge < -0.3 is 5.32 Å². The number of carbonyl (C=O) groups is 1.